The van der Waals surface area contributed by atoms with Crippen LogP contribution in [0.5, 0.6) is 0 Å². The Morgan fingerprint density at radius 2 is 2.00 bits per heavy atom. The highest BCUT2D eigenvalue weighted by atomic mass is 19.1. The number of aldehydes is 1. The van der Waals surface area contributed by atoms with Gasteiger partial charge in [-0.15, -0.1) is 0 Å². The lowest BCUT2D eigenvalue weighted by molar-refractivity contribution is 0.102. The number of anilines is 1. The van der Waals surface area contributed by atoms with Gasteiger partial charge in [-0.05, 0) is 42.8 Å². The largest absolute Gasteiger partial charge is 0.322 e. The smallest absolute Gasteiger partial charge is 0.255 e. The van der Waals surface area contributed by atoms with Crippen LogP contribution in [-0.2, 0) is 0 Å². The molecule has 0 radical (unpaired) electrons. The minimum absolute atomic E-state index is 0.128. The molecule has 0 saturated heterocycles. The zero-order valence-corrected chi connectivity index (χ0v) is 10.3. The van der Waals surface area contributed by atoms with Crippen molar-refractivity contribution in [2.75, 3.05) is 5.32 Å². The Bertz CT molecular complexity index is 638. The average molecular weight is 257 g/mol. The number of benzene rings is 2. The van der Waals surface area contributed by atoms with Crippen molar-refractivity contribution in [3.63, 3.8) is 0 Å². The van der Waals surface area contributed by atoms with E-state index in [1.54, 1.807) is 6.07 Å². The van der Waals surface area contributed by atoms with Gasteiger partial charge in [0, 0.05) is 11.3 Å². The standard InChI is InChI=1S/C15H12FNO2/c1-10-3-2-4-13(7-10)17-15(19)11-5-6-14(16)12(8-11)9-18/h2-9H,1H3,(H,17,19). The molecule has 4 heteroatoms. The molecule has 0 aromatic heterocycles. The van der Waals surface area contributed by atoms with Crippen molar-refractivity contribution >= 4 is 17.9 Å². The summed E-state index contributed by atoms with van der Waals surface area (Å²) in [4.78, 5) is 22.6. The third kappa shape index (κ3) is 3.04. The number of nitrogens with one attached hydrogen (secondary N) is 1. The van der Waals surface area contributed by atoms with Gasteiger partial charge >= 0.3 is 0 Å². The normalized spacial score (nSPS) is 10.0. The number of carbonyl (C=O) groups excluding carboxylic acids is 2. The Hall–Kier alpha value is -2.49. The molecular weight excluding hydrogens is 245 g/mol. The molecule has 0 aliphatic heterocycles. The van der Waals surface area contributed by atoms with Gasteiger partial charge in [0.15, 0.2) is 6.29 Å². The van der Waals surface area contributed by atoms with E-state index in [1.165, 1.54) is 12.1 Å². The van der Waals surface area contributed by atoms with Gasteiger partial charge in [0.2, 0.25) is 0 Å². The summed E-state index contributed by atoms with van der Waals surface area (Å²) in [6, 6.07) is 11.0. The Balaban J connectivity index is 2.23. The van der Waals surface area contributed by atoms with Crippen molar-refractivity contribution in [1.82, 2.24) is 0 Å². The third-order valence-corrected chi connectivity index (χ3v) is 2.66. The van der Waals surface area contributed by atoms with E-state index in [4.69, 9.17) is 0 Å². The van der Waals surface area contributed by atoms with Crippen LogP contribution in [-0.4, -0.2) is 12.2 Å². The second kappa shape index (κ2) is 5.44. The number of hydrogen-bond donors (Lipinski definition) is 1. The second-order valence-corrected chi connectivity index (χ2v) is 4.18. The topological polar surface area (TPSA) is 46.2 Å². The van der Waals surface area contributed by atoms with Crippen LogP contribution in [0.1, 0.15) is 26.3 Å². The van der Waals surface area contributed by atoms with Gasteiger partial charge in [0.25, 0.3) is 5.91 Å². The summed E-state index contributed by atoms with van der Waals surface area (Å²) in [6.07, 6.45) is 0.388. The summed E-state index contributed by atoms with van der Waals surface area (Å²) in [5.41, 5.74) is 1.79. The molecule has 0 aliphatic rings. The molecule has 0 heterocycles. The van der Waals surface area contributed by atoms with Crippen LogP contribution in [0.2, 0.25) is 0 Å². The Kier molecular flexibility index (Phi) is 3.71. The number of hydrogen-bond acceptors (Lipinski definition) is 2. The molecule has 3 nitrogen and oxygen atoms in total. The van der Waals surface area contributed by atoms with E-state index in [-0.39, 0.29) is 17.0 Å². The first-order valence-corrected chi connectivity index (χ1v) is 5.73. The highest BCUT2D eigenvalue weighted by molar-refractivity contribution is 6.05. The van der Waals surface area contributed by atoms with E-state index in [2.05, 4.69) is 5.32 Å². The predicted octanol–water partition coefficient (Wildman–Crippen LogP) is 3.20. The molecule has 0 spiro atoms. The first-order chi connectivity index (χ1) is 9.10. The summed E-state index contributed by atoms with van der Waals surface area (Å²) in [6.45, 7) is 1.91. The lowest BCUT2D eigenvalue weighted by Crippen LogP contribution is -2.12. The van der Waals surface area contributed by atoms with Gasteiger partial charge in [0.1, 0.15) is 5.82 Å². The number of aryl methyl sites for hydroxylation is 1. The summed E-state index contributed by atoms with van der Waals surface area (Å²) < 4.78 is 13.2. The number of carbonyl (C=O) groups is 2. The molecule has 0 aliphatic carbocycles. The molecule has 2 rings (SSSR count). The van der Waals surface area contributed by atoms with E-state index in [1.807, 2.05) is 25.1 Å². The second-order valence-electron chi connectivity index (χ2n) is 4.18. The maximum absolute atomic E-state index is 13.2. The van der Waals surface area contributed by atoms with Crippen LogP contribution < -0.4 is 5.32 Å². The molecule has 19 heavy (non-hydrogen) atoms. The molecule has 2 aromatic rings. The van der Waals surface area contributed by atoms with Crippen molar-refractivity contribution in [1.29, 1.82) is 0 Å². The fourth-order valence-corrected chi connectivity index (χ4v) is 1.70. The first kappa shape index (κ1) is 13.0. The van der Waals surface area contributed by atoms with Gasteiger partial charge in [-0.2, -0.15) is 0 Å². The molecule has 2 aromatic carbocycles. The van der Waals surface area contributed by atoms with Crippen LogP contribution in [0.4, 0.5) is 10.1 Å². The maximum Gasteiger partial charge on any atom is 0.255 e. The highest BCUT2D eigenvalue weighted by Crippen LogP contribution is 2.13. The zero-order valence-electron chi connectivity index (χ0n) is 10.3. The monoisotopic (exact) mass is 257 g/mol. The van der Waals surface area contributed by atoms with Crippen LogP contribution >= 0.6 is 0 Å². The van der Waals surface area contributed by atoms with E-state index >= 15 is 0 Å². The van der Waals surface area contributed by atoms with Crippen molar-refractivity contribution in [3.05, 3.63) is 65.0 Å². The average Bonchev–Trinajstić information content (AvgIpc) is 2.39. The van der Waals surface area contributed by atoms with Crippen LogP contribution in [0.15, 0.2) is 42.5 Å². The van der Waals surface area contributed by atoms with Crippen LogP contribution in [0.25, 0.3) is 0 Å². The van der Waals surface area contributed by atoms with E-state index in [9.17, 15) is 14.0 Å². The molecule has 0 saturated carbocycles. The van der Waals surface area contributed by atoms with E-state index in [0.29, 0.717) is 12.0 Å². The minimum atomic E-state index is -0.637. The zero-order chi connectivity index (χ0) is 13.8. The first-order valence-electron chi connectivity index (χ1n) is 5.73. The maximum atomic E-state index is 13.2. The van der Waals surface area contributed by atoms with Crippen molar-refractivity contribution in [2.24, 2.45) is 0 Å². The molecule has 1 amide bonds. The SMILES string of the molecule is Cc1cccc(NC(=O)c2ccc(F)c(C=O)c2)c1. The Labute approximate surface area is 110 Å². The molecule has 0 fully saturated rings. The molecular formula is C15H12FNO2. The van der Waals surface area contributed by atoms with Crippen molar-refractivity contribution in [3.8, 4) is 0 Å². The third-order valence-electron chi connectivity index (χ3n) is 2.66. The summed E-state index contributed by atoms with van der Waals surface area (Å²) in [7, 11) is 0. The van der Waals surface area contributed by atoms with E-state index in [0.717, 1.165) is 11.6 Å². The molecule has 0 atom stereocenters. The summed E-state index contributed by atoms with van der Waals surface area (Å²) in [5, 5.41) is 2.69. The Morgan fingerprint density at radius 1 is 1.21 bits per heavy atom. The highest BCUT2D eigenvalue weighted by Gasteiger charge is 2.09. The number of halogens is 1. The quantitative estimate of drug-likeness (QED) is 0.858. The lowest BCUT2D eigenvalue weighted by atomic mass is 10.1. The summed E-state index contributed by atoms with van der Waals surface area (Å²) >= 11 is 0. The van der Waals surface area contributed by atoms with Crippen LogP contribution in [0.3, 0.4) is 0 Å². The minimum Gasteiger partial charge on any atom is -0.322 e. The number of amides is 1. The van der Waals surface area contributed by atoms with Gasteiger partial charge in [-0.1, -0.05) is 12.1 Å². The van der Waals surface area contributed by atoms with Gasteiger partial charge < -0.3 is 5.32 Å². The van der Waals surface area contributed by atoms with Crippen molar-refractivity contribution in [2.45, 2.75) is 6.92 Å². The lowest BCUT2D eigenvalue weighted by Gasteiger charge is -2.06. The summed E-state index contributed by atoms with van der Waals surface area (Å²) in [5.74, 6) is -1.02. The molecule has 0 bridgehead atoms. The fraction of sp³-hybridized carbons (Fsp3) is 0.0667. The van der Waals surface area contributed by atoms with Crippen molar-refractivity contribution < 1.29 is 14.0 Å². The Morgan fingerprint density at radius 3 is 2.68 bits per heavy atom. The van der Waals surface area contributed by atoms with Crippen LogP contribution in [0, 0.1) is 12.7 Å². The van der Waals surface area contributed by atoms with Gasteiger partial charge in [-0.25, -0.2) is 4.39 Å². The van der Waals surface area contributed by atoms with Gasteiger partial charge in [0.05, 0.1) is 5.56 Å². The number of rotatable bonds is 3. The predicted molar refractivity (Wildman–Crippen MR) is 70.9 cm³/mol. The molecule has 96 valence electrons. The van der Waals surface area contributed by atoms with Gasteiger partial charge in [-0.3, -0.25) is 9.59 Å². The molecule has 0 unspecified atom stereocenters. The molecule has 1 N–H and O–H groups in total. The fourth-order valence-electron chi connectivity index (χ4n) is 1.70. The van der Waals surface area contributed by atoms with E-state index < -0.39 is 5.82 Å².